The Balaban J connectivity index is 1.86. The van der Waals surface area contributed by atoms with Crippen LogP contribution in [0.1, 0.15) is 23.2 Å². The summed E-state index contributed by atoms with van der Waals surface area (Å²) in [5.74, 6) is 1.16. The van der Waals surface area contributed by atoms with Crippen LogP contribution in [0.5, 0.6) is 11.5 Å². The van der Waals surface area contributed by atoms with E-state index in [9.17, 15) is 4.79 Å². The van der Waals surface area contributed by atoms with Crippen LogP contribution in [0.25, 0.3) is 0 Å². The first kappa shape index (κ1) is 14.2. The molecule has 1 aromatic rings. The van der Waals surface area contributed by atoms with Crippen LogP contribution in [0.4, 0.5) is 0 Å². The van der Waals surface area contributed by atoms with Gasteiger partial charge in [0.25, 0.3) is 5.91 Å². The standard InChI is InChI=1S/C16H22N2O3/c1-20-12-4-3-5-13(21-2)14(12)15(19)18-9-7-16(11-18)6-8-17-10-16/h3-5,17H,6-11H2,1-2H3. The average Bonchev–Trinajstić information content (AvgIpc) is 3.16. The third-order valence-electron chi connectivity index (χ3n) is 4.70. The summed E-state index contributed by atoms with van der Waals surface area (Å²) in [4.78, 5) is 14.8. The molecule has 3 rings (SSSR count). The molecule has 2 fully saturated rings. The van der Waals surface area contributed by atoms with Crippen LogP contribution in [0.15, 0.2) is 18.2 Å². The Morgan fingerprint density at radius 2 is 1.95 bits per heavy atom. The maximum Gasteiger partial charge on any atom is 0.261 e. The molecular formula is C16H22N2O3. The SMILES string of the molecule is COc1cccc(OC)c1C(=O)N1CCC2(CCNC2)C1. The van der Waals surface area contributed by atoms with Gasteiger partial charge in [-0.25, -0.2) is 0 Å². The molecular weight excluding hydrogens is 268 g/mol. The Morgan fingerprint density at radius 3 is 2.52 bits per heavy atom. The highest BCUT2D eigenvalue weighted by Gasteiger charge is 2.42. The molecule has 21 heavy (non-hydrogen) atoms. The van der Waals surface area contributed by atoms with Crippen LogP contribution in [0, 0.1) is 5.41 Å². The molecule has 114 valence electrons. The van der Waals surface area contributed by atoms with E-state index >= 15 is 0 Å². The summed E-state index contributed by atoms with van der Waals surface area (Å²) in [6.07, 6.45) is 2.23. The van der Waals surface area contributed by atoms with Gasteiger partial charge in [0.1, 0.15) is 17.1 Å². The third kappa shape index (κ3) is 2.46. The molecule has 5 heteroatoms. The summed E-state index contributed by atoms with van der Waals surface area (Å²) < 4.78 is 10.7. The van der Waals surface area contributed by atoms with Crippen molar-refractivity contribution in [3.05, 3.63) is 23.8 Å². The molecule has 2 aliphatic rings. The Labute approximate surface area is 125 Å². The van der Waals surface area contributed by atoms with Gasteiger partial charge in [-0.05, 0) is 31.5 Å². The quantitative estimate of drug-likeness (QED) is 0.917. The maximum absolute atomic E-state index is 12.9. The van der Waals surface area contributed by atoms with Gasteiger partial charge >= 0.3 is 0 Å². The van der Waals surface area contributed by atoms with Gasteiger partial charge in [0, 0.05) is 25.0 Å². The number of benzene rings is 1. The molecule has 1 N–H and O–H groups in total. The van der Waals surface area contributed by atoms with E-state index in [1.165, 1.54) is 0 Å². The van der Waals surface area contributed by atoms with Crippen LogP contribution in [-0.2, 0) is 0 Å². The molecule has 0 aliphatic carbocycles. The predicted molar refractivity (Wildman–Crippen MR) is 80.0 cm³/mol. The molecule has 0 aromatic heterocycles. The molecule has 1 unspecified atom stereocenters. The minimum absolute atomic E-state index is 0.00748. The zero-order valence-corrected chi connectivity index (χ0v) is 12.6. The molecule has 1 amide bonds. The second kappa shape index (κ2) is 5.56. The van der Waals surface area contributed by atoms with Crippen LogP contribution in [0.2, 0.25) is 0 Å². The number of methoxy groups -OCH3 is 2. The van der Waals surface area contributed by atoms with Gasteiger partial charge in [0.15, 0.2) is 0 Å². The number of ether oxygens (including phenoxy) is 2. The Morgan fingerprint density at radius 1 is 1.24 bits per heavy atom. The summed E-state index contributed by atoms with van der Waals surface area (Å²) in [7, 11) is 3.16. The number of carbonyl (C=O) groups excluding carboxylic acids is 1. The Kier molecular flexibility index (Phi) is 3.76. The maximum atomic E-state index is 12.9. The number of nitrogens with zero attached hydrogens (tertiary/aromatic N) is 1. The van der Waals surface area contributed by atoms with Crippen LogP contribution >= 0.6 is 0 Å². The topological polar surface area (TPSA) is 50.8 Å². The normalized spacial score (nSPS) is 24.6. The minimum atomic E-state index is 0.00748. The monoisotopic (exact) mass is 290 g/mol. The number of hydrogen-bond acceptors (Lipinski definition) is 4. The van der Waals surface area contributed by atoms with Crippen LogP contribution in [-0.4, -0.2) is 51.2 Å². The molecule has 1 spiro atoms. The number of hydrogen-bond donors (Lipinski definition) is 1. The van der Waals surface area contributed by atoms with E-state index in [0.29, 0.717) is 17.1 Å². The van der Waals surface area contributed by atoms with E-state index < -0.39 is 0 Å². The average molecular weight is 290 g/mol. The predicted octanol–water partition coefficient (Wildman–Crippen LogP) is 1.53. The highest BCUT2D eigenvalue weighted by Crippen LogP contribution is 2.38. The lowest BCUT2D eigenvalue weighted by Crippen LogP contribution is -2.33. The highest BCUT2D eigenvalue weighted by molar-refractivity contribution is 6.00. The number of rotatable bonds is 3. The summed E-state index contributed by atoms with van der Waals surface area (Å²) in [6, 6.07) is 5.44. The van der Waals surface area contributed by atoms with Crippen molar-refractivity contribution in [3.8, 4) is 11.5 Å². The van der Waals surface area contributed by atoms with Crippen molar-refractivity contribution in [2.45, 2.75) is 12.8 Å². The smallest absolute Gasteiger partial charge is 0.261 e. The van der Waals surface area contributed by atoms with Gasteiger partial charge in [-0.3, -0.25) is 4.79 Å². The fourth-order valence-corrected chi connectivity index (χ4v) is 3.47. The van der Waals surface area contributed by atoms with Crippen molar-refractivity contribution >= 4 is 5.91 Å². The van der Waals surface area contributed by atoms with Gasteiger partial charge < -0.3 is 19.7 Å². The van der Waals surface area contributed by atoms with Crippen LogP contribution in [0.3, 0.4) is 0 Å². The summed E-state index contributed by atoms with van der Waals surface area (Å²) in [5, 5.41) is 3.41. The van der Waals surface area contributed by atoms with Crippen molar-refractivity contribution < 1.29 is 14.3 Å². The van der Waals surface area contributed by atoms with Crippen molar-refractivity contribution in [2.75, 3.05) is 40.4 Å². The van der Waals surface area contributed by atoms with E-state index in [4.69, 9.17) is 9.47 Å². The number of nitrogens with one attached hydrogen (secondary N) is 1. The van der Waals surface area contributed by atoms with E-state index in [1.54, 1.807) is 26.4 Å². The van der Waals surface area contributed by atoms with E-state index in [-0.39, 0.29) is 11.3 Å². The van der Waals surface area contributed by atoms with Crippen molar-refractivity contribution in [3.63, 3.8) is 0 Å². The van der Waals surface area contributed by atoms with Gasteiger partial charge in [-0.2, -0.15) is 0 Å². The zero-order chi connectivity index (χ0) is 14.9. The fourth-order valence-electron chi connectivity index (χ4n) is 3.47. The first-order chi connectivity index (χ1) is 10.2. The minimum Gasteiger partial charge on any atom is -0.496 e. The number of carbonyl (C=O) groups is 1. The molecule has 1 atom stereocenters. The molecule has 5 nitrogen and oxygen atoms in total. The molecule has 2 heterocycles. The Bertz CT molecular complexity index is 516. The van der Waals surface area contributed by atoms with Gasteiger partial charge in [0.2, 0.25) is 0 Å². The van der Waals surface area contributed by atoms with Crippen molar-refractivity contribution in [2.24, 2.45) is 5.41 Å². The molecule has 2 aliphatic heterocycles. The summed E-state index contributed by atoms with van der Waals surface area (Å²) in [6.45, 7) is 3.70. The Hall–Kier alpha value is -1.75. The fraction of sp³-hybridized carbons (Fsp3) is 0.562. The van der Waals surface area contributed by atoms with Gasteiger partial charge in [-0.1, -0.05) is 6.07 Å². The first-order valence-electron chi connectivity index (χ1n) is 7.40. The van der Waals surface area contributed by atoms with Crippen molar-refractivity contribution in [1.29, 1.82) is 0 Å². The van der Waals surface area contributed by atoms with Crippen molar-refractivity contribution in [1.82, 2.24) is 10.2 Å². The summed E-state index contributed by atoms with van der Waals surface area (Å²) in [5.41, 5.74) is 0.802. The molecule has 0 radical (unpaired) electrons. The largest absolute Gasteiger partial charge is 0.496 e. The lowest BCUT2D eigenvalue weighted by molar-refractivity contribution is 0.0769. The second-order valence-corrected chi connectivity index (χ2v) is 5.94. The lowest BCUT2D eigenvalue weighted by atomic mass is 9.86. The number of amides is 1. The third-order valence-corrected chi connectivity index (χ3v) is 4.70. The molecule has 0 bridgehead atoms. The lowest BCUT2D eigenvalue weighted by Gasteiger charge is -2.24. The zero-order valence-electron chi connectivity index (χ0n) is 12.6. The van der Waals surface area contributed by atoms with Gasteiger partial charge in [-0.15, -0.1) is 0 Å². The first-order valence-corrected chi connectivity index (χ1v) is 7.40. The molecule has 2 saturated heterocycles. The van der Waals surface area contributed by atoms with Crippen LogP contribution < -0.4 is 14.8 Å². The van der Waals surface area contributed by atoms with E-state index in [2.05, 4.69) is 5.32 Å². The highest BCUT2D eigenvalue weighted by atomic mass is 16.5. The molecule has 1 aromatic carbocycles. The second-order valence-electron chi connectivity index (χ2n) is 5.94. The van der Waals surface area contributed by atoms with Gasteiger partial charge in [0.05, 0.1) is 14.2 Å². The van der Waals surface area contributed by atoms with E-state index in [0.717, 1.165) is 39.0 Å². The summed E-state index contributed by atoms with van der Waals surface area (Å²) >= 11 is 0. The number of likely N-dealkylation sites (tertiary alicyclic amines) is 1. The molecule has 0 saturated carbocycles. The van der Waals surface area contributed by atoms with E-state index in [1.807, 2.05) is 11.0 Å².